The second kappa shape index (κ2) is 5.57. The van der Waals surface area contributed by atoms with Gasteiger partial charge >= 0.3 is 6.18 Å². The van der Waals surface area contributed by atoms with E-state index in [1.165, 1.54) is 12.1 Å². The molecular formula is C16H16F3N. The molecule has 20 heavy (non-hydrogen) atoms. The molecule has 0 spiro atoms. The summed E-state index contributed by atoms with van der Waals surface area (Å²) in [6, 6.07) is 11.4. The van der Waals surface area contributed by atoms with Gasteiger partial charge in [-0.2, -0.15) is 13.2 Å². The quantitative estimate of drug-likeness (QED) is 0.832. The predicted molar refractivity (Wildman–Crippen MR) is 74.8 cm³/mol. The molecule has 1 atom stereocenters. The van der Waals surface area contributed by atoms with Crippen molar-refractivity contribution in [1.82, 2.24) is 0 Å². The molecule has 0 aromatic heterocycles. The molecule has 0 heterocycles. The van der Waals surface area contributed by atoms with Gasteiger partial charge in [-0.05, 0) is 42.7 Å². The minimum Gasteiger partial charge on any atom is -0.370 e. The summed E-state index contributed by atoms with van der Waals surface area (Å²) in [4.78, 5) is 0. The van der Waals surface area contributed by atoms with Gasteiger partial charge in [-0.25, -0.2) is 0 Å². The zero-order valence-electron chi connectivity index (χ0n) is 11.3. The smallest absolute Gasteiger partial charge is 0.370 e. The summed E-state index contributed by atoms with van der Waals surface area (Å²) in [6.45, 7) is 3.81. The molecular weight excluding hydrogens is 263 g/mol. The maximum atomic E-state index is 13.2. The summed E-state index contributed by atoms with van der Waals surface area (Å²) in [5.74, 6) is 0. The first-order valence-electron chi connectivity index (χ1n) is 6.33. The van der Waals surface area contributed by atoms with E-state index in [0.29, 0.717) is 5.69 Å². The Hall–Kier alpha value is -1.97. The van der Waals surface area contributed by atoms with Gasteiger partial charge in [-0.3, -0.25) is 0 Å². The Bertz CT molecular complexity index is 576. The van der Waals surface area contributed by atoms with Crippen molar-refractivity contribution in [2.75, 3.05) is 5.32 Å². The minimum absolute atomic E-state index is 0.207. The van der Waals surface area contributed by atoms with Crippen molar-refractivity contribution >= 4 is 5.69 Å². The van der Waals surface area contributed by atoms with Crippen molar-refractivity contribution in [1.29, 1.82) is 0 Å². The largest absolute Gasteiger partial charge is 0.412 e. The topological polar surface area (TPSA) is 12.0 Å². The Morgan fingerprint density at radius 3 is 2.10 bits per heavy atom. The van der Waals surface area contributed by atoms with E-state index in [1.54, 1.807) is 30.3 Å². The molecule has 0 amide bonds. The Morgan fingerprint density at radius 1 is 0.900 bits per heavy atom. The fourth-order valence-electron chi connectivity index (χ4n) is 2.00. The van der Waals surface area contributed by atoms with Gasteiger partial charge in [0.25, 0.3) is 0 Å². The van der Waals surface area contributed by atoms with E-state index >= 15 is 0 Å². The van der Waals surface area contributed by atoms with Gasteiger partial charge in [-0.1, -0.05) is 36.4 Å². The van der Waals surface area contributed by atoms with E-state index in [4.69, 9.17) is 0 Å². The average molecular weight is 279 g/mol. The molecule has 1 N–H and O–H groups in total. The van der Waals surface area contributed by atoms with Crippen LogP contribution in [0.3, 0.4) is 0 Å². The van der Waals surface area contributed by atoms with Crippen LogP contribution in [0, 0.1) is 13.8 Å². The molecule has 0 aliphatic heterocycles. The molecule has 2 rings (SSSR count). The molecule has 4 heteroatoms. The molecule has 1 unspecified atom stereocenters. The zero-order chi connectivity index (χ0) is 14.8. The summed E-state index contributed by atoms with van der Waals surface area (Å²) < 4.78 is 39.6. The number of anilines is 1. The van der Waals surface area contributed by atoms with Gasteiger partial charge in [0.05, 0.1) is 0 Å². The van der Waals surface area contributed by atoms with Crippen molar-refractivity contribution in [2.45, 2.75) is 26.1 Å². The van der Waals surface area contributed by atoms with Crippen molar-refractivity contribution in [3.05, 3.63) is 65.2 Å². The number of hydrogen-bond acceptors (Lipinski definition) is 1. The van der Waals surface area contributed by atoms with Crippen LogP contribution in [0.25, 0.3) is 0 Å². The standard InChI is InChI=1S/C16H16F3N/c1-11-8-9-14(10-12(11)2)20-15(16(17,18)19)13-6-4-3-5-7-13/h3-10,15,20H,1-2H3. The molecule has 2 aromatic rings. The number of rotatable bonds is 3. The molecule has 106 valence electrons. The second-order valence-electron chi connectivity index (χ2n) is 4.83. The highest BCUT2D eigenvalue weighted by molar-refractivity contribution is 5.50. The van der Waals surface area contributed by atoms with Crippen LogP contribution in [0.5, 0.6) is 0 Å². The highest BCUT2D eigenvalue weighted by Crippen LogP contribution is 2.35. The first-order chi connectivity index (χ1) is 9.38. The van der Waals surface area contributed by atoms with Crippen molar-refractivity contribution in [3.8, 4) is 0 Å². The van der Waals surface area contributed by atoms with Gasteiger partial charge in [0.2, 0.25) is 0 Å². The molecule has 2 aromatic carbocycles. The van der Waals surface area contributed by atoms with E-state index in [9.17, 15) is 13.2 Å². The van der Waals surface area contributed by atoms with Crippen molar-refractivity contribution in [2.24, 2.45) is 0 Å². The fraction of sp³-hybridized carbons (Fsp3) is 0.250. The third-order valence-electron chi connectivity index (χ3n) is 3.28. The number of aryl methyl sites for hydroxylation is 2. The van der Waals surface area contributed by atoms with Crippen LogP contribution in [0.15, 0.2) is 48.5 Å². The van der Waals surface area contributed by atoms with E-state index in [1.807, 2.05) is 19.9 Å². The lowest BCUT2D eigenvalue weighted by Gasteiger charge is -2.23. The molecule has 0 bridgehead atoms. The van der Waals surface area contributed by atoms with Crippen molar-refractivity contribution in [3.63, 3.8) is 0 Å². The summed E-state index contributed by atoms with van der Waals surface area (Å²) in [7, 11) is 0. The molecule has 0 aliphatic rings. The van der Waals surface area contributed by atoms with Gasteiger partial charge in [-0.15, -0.1) is 0 Å². The van der Waals surface area contributed by atoms with Crippen molar-refractivity contribution < 1.29 is 13.2 Å². The Labute approximate surface area is 116 Å². The van der Waals surface area contributed by atoms with E-state index in [2.05, 4.69) is 5.32 Å². The predicted octanol–water partition coefficient (Wildman–Crippen LogP) is 5.02. The third-order valence-corrected chi connectivity index (χ3v) is 3.28. The second-order valence-corrected chi connectivity index (χ2v) is 4.83. The maximum absolute atomic E-state index is 13.2. The molecule has 0 saturated carbocycles. The third kappa shape index (κ3) is 3.32. The number of nitrogens with one attached hydrogen (secondary N) is 1. The number of alkyl halides is 3. The summed E-state index contributed by atoms with van der Waals surface area (Å²) >= 11 is 0. The zero-order valence-corrected chi connectivity index (χ0v) is 11.3. The number of hydrogen-bond donors (Lipinski definition) is 1. The van der Waals surface area contributed by atoms with Crippen LogP contribution < -0.4 is 5.32 Å². The highest BCUT2D eigenvalue weighted by atomic mass is 19.4. The van der Waals surface area contributed by atoms with E-state index < -0.39 is 12.2 Å². The lowest BCUT2D eigenvalue weighted by Crippen LogP contribution is -2.27. The van der Waals surface area contributed by atoms with Gasteiger partial charge in [0, 0.05) is 5.69 Å². The lowest BCUT2D eigenvalue weighted by atomic mass is 10.0. The van der Waals surface area contributed by atoms with E-state index in [-0.39, 0.29) is 5.56 Å². The van der Waals surface area contributed by atoms with Crippen LogP contribution >= 0.6 is 0 Å². The summed E-state index contributed by atoms with van der Waals surface area (Å²) in [6.07, 6.45) is -4.35. The number of halogens is 3. The van der Waals surface area contributed by atoms with Crippen LogP contribution in [0.1, 0.15) is 22.7 Å². The average Bonchev–Trinajstić information content (AvgIpc) is 2.39. The molecule has 0 fully saturated rings. The first kappa shape index (κ1) is 14.4. The van der Waals surface area contributed by atoms with Gasteiger partial charge in [0.1, 0.15) is 6.04 Å². The Balaban J connectivity index is 2.31. The summed E-state index contributed by atoms with van der Waals surface area (Å²) in [5.41, 5.74) is 2.69. The van der Waals surface area contributed by atoms with Crippen LogP contribution in [-0.4, -0.2) is 6.18 Å². The van der Waals surface area contributed by atoms with Crippen LogP contribution in [-0.2, 0) is 0 Å². The van der Waals surface area contributed by atoms with Gasteiger partial charge in [0.15, 0.2) is 0 Å². The SMILES string of the molecule is Cc1ccc(NC(c2ccccc2)C(F)(F)F)cc1C. The van der Waals surface area contributed by atoms with Crippen LogP contribution in [0.4, 0.5) is 18.9 Å². The minimum atomic E-state index is -4.35. The first-order valence-corrected chi connectivity index (χ1v) is 6.33. The molecule has 0 saturated heterocycles. The molecule has 0 radical (unpaired) electrons. The Kier molecular flexibility index (Phi) is 4.02. The Morgan fingerprint density at radius 2 is 1.55 bits per heavy atom. The fourth-order valence-corrected chi connectivity index (χ4v) is 2.00. The lowest BCUT2D eigenvalue weighted by molar-refractivity contribution is -0.144. The van der Waals surface area contributed by atoms with Gasteiger partial charge < -0.3 is 5.32 Å². The maximum Gasteiger partial charge on any atom is 0.412 e. The van der Waals surface area contributed by atoms with E-state index in [0.717, 1.165) is 11.1 Å². The summed E-state index contributed by atoms with van der Waals surface area (Å²) in [5, 5.41) is 2.58. The number of benzene rings is 2. The molecule has 0 aliphatic carbocycles. The monoisotopic (exact) mass is 279 g/mol. The van der Waals surface area contributed by atoms with Crippen LogP contribution in [0.2, 0.25) is 0 Å². The normalized spacial score (nSPS) is 13.1. The highest BCUT2D eigenvalue weighted by Gasteiger charge is 2.40. The molecule has 1 nitrogen and oxygen atoms in total.